The molecular formula is C45H52Cl2Hf. The molecule has 1 heterocycles. The summed E-state index contributed by atoms with van der Waals surface area (Å²) < 4.78 is 4.42. The molecule has 0 amide bonds. The first kappa shape index (κ1) is 37.1. The van der Waals surface area contributed by atoms with Crippen LogP contribution in [-0.2, 0) is 30.8 Å². The average molecular weight is 842 g/mol. The molecule has 48 heavy (non-hydrogen) atoms. The first-order chi connectivity index (χ1) is 22.0. The maximum absolute atomic E-state index is 3.01. The summed E-state index contributed by atoms with van der Waals surface area (Å²) in [7, 11) is 0. The van der Waals surface area contributed by atoms with Crippen LogP contribution in [0, 0.1) is 0 Å². The van der Waals surface area contributed by atoms with Crippen molar-refractivity contribution in [3.8, 4) is 22.3 Å². The van der Waals surface area contributed by atoms with E-state index in [0.717, 1.165) is 12.8 Å². The molecule has 2 aliphatic carbocycles. The van der Waals surface area contributed by atoms with E-state index in [2.05, 4.69) is 152 Å². The number of rotatable bonds is 6. The molecule has 0 radical (unpaired) electrons. The Hall–Kier alpha value is -2.19. The van der Waals surface area contributed by atoms with Gasteiger partial charge in [0, 0.05) is 0 Å². The van der Waals surface area contributed by atoms with Crippen molar-refractivity contribution in [3.05, 3.63) is 129 Å². The van der Waals surface area contributed by atoms with Crippen LogP contribution in [0.2, 0.25) is 8.35 Å². The van der Waals surface area contributed by atoms with Crippen LogP contribution < -0.4 is 24.8 Å². The van der Waals surface area contributed by atoms with Gasteiger partial charge >= 0.3 is 285 Å². The van der Waals surface area contributed by atoms with E-state index >= 15 is 0 Å². The van der Waals surface area contributed by atoms with Gasteiger partial charge < -0.3 is 24.8 Å². The maximum atomic E-state index is 2.64. The van der Waals surface area contributed by atoms with Gasteiger partial charge in [0.25, 0.3) is 0 Å². The first-order valence-electron chi connectivity index (χ1n) is 17.8. The second-order valence-electron chi connectivity index (χ2n) is 16.4. The van der Waals surface area contributed by atoms with Crippen LogP contribution in [0.1, 0.15) is 115 Å². The molecule has 1 saturated heterocycles. The van der Waals surface area contributed by atoms with Gasteiger partial charge in [0.2, 0.25) is 0 Å². The minimum atomic E-state index is -3.01. The molecule has 1 aliphatic heterocycles. The summed E-state index contributed by atoms with van der Waals surface area (Å²) in [5, 5.41) is 0. The molecule has 3 heteroatoms. The summed E-state index contributed by atoms with van der Waals surface area (Å²) in [5.41, 5.74) is 18.5. The fourth-order valence-electron chi connectivity index (χ4n) is 9.03. The zero-order valence-corrected chi connectivity index (χ0v) is 35.3. The van der Waals surface area contributed by atoms with Crippen molar-refractivity contribution < 1.29 is 44.8 Å². The SMILES string of the molecule is CCC1=Cc2c(-c3ccc(C(C)(C)C)cc3)cccc2[CH]1[Hf+2]1([CH]2C(CC)=Cc3c(-c4ccc(C(C)(C)C)cc4)cccc32)[CH2]C[CH2]1.[Cl-].[Cl-]. The minimum Gasteiger partial charge on any atom is -1.00 e. The van der Waals surface area contributed by atoms with Crippen molar-refractivity contribution in [2.45, 2.75) is 101 Å². The maximum Gasteiger partial charge on any atom is -1.00 e. The van der Waals surface area contributed by atoms with Crippen LogP contribution in [0.4, 0.5) is 0 Å². The third-order valence-corrected chi connectivity index (χ3v) is 34.1. The fraction of sp³-hybridized carbons (Fsp3) is 0.378. The van der Waals surface area contributed by atoms with E-state index in [0.29, 0.717) is 7.35 Å². The van der Waals surface area contributed by atoms with Gasteiger partial charge in [0.1, 0.15) is 0 Å². The summed E-state index contributed by atoms with van der Waals surface area (Å²) in [6.07, 6.45) is 9.04. The van der Waals surface area contributed by atoms with Crippen LogP contribution >= 0.6 is 0 Å². The van der Waals surface area contributed by atoms with Crippen LogP contribution in [0.3, 0.4) is 0 Å². The zero-order chi connectivity index (χ0) is 32.4. The quantitative estimate of drug-likeness (QED) is 0.178. The Balaban J connectivity index is 0.00000225. The molecule has 4 aromatic rings. The molecule has 0 bridgehead atoms. The molecule has 4 aromatic carbocycles. The third kappa shape index (κ3) is 6.20. The zero-order valence-electron chi connectivity index (χ0n) is 30.2. The second-order valence-corrected chi connectivity index (χ2v) is 33.0. The molecule has 0 N–H and O–H groups in total. The number of fused-ring (bicyclic) bond motifs is 2. The summed E-state index contributed by atoms with van der Waals surface area (Å²) in [6.45, 7) is 18.7. The third-order valence-electron chi connectivity index (χ3n) is 11.7. The molecule has 0 spiro atoms. The van der Waals surface area contributed by atoms with Gasteiger partial charge in [0.05, 0.1) is 0 Å². The molecule has 2 atom stereocenters. The molecule has 2 unspecified atom stereocenters. The summed E-state index contributed by atoms with van der Waals surface area (Å²) in [5.74, 6) is 0. The standard InChI is InChI=1S/2C21H23.C3H6.2ClH.Hf/c2*1-5-15-13-17-7-6-8-19(20(17)14-15)16-9-11-18(12-10-16)21(2,3)4;1-3-2;;;/h2*6-14H,5H2,1-4H3;1-3H2;2*1H;/q;;;;;+2/p-2. The number of halogens is 2. The Morgan fingerprint density at radius 2 is 0.917 bits per heavy atom. The van der Waals surface area contributed by atoms with Gasteiger partial charge in [-0.25, -0.2) is 0 Å². The largest absolute Gasteiger partial charge is 1.00 e. The van der Waals surface area contributed by atoms with Gasteiger partial charge in [-0.3, -0.25) is 0 Å². The van der Waals surface area contributed by atoms with Crippen molar-refractivity contribution in [2.24, 2.45) is 0 Å². The monoisotopic (exact) mass is 842 g/mol. The van der Waals surface area contributed by atoms with Gasteiger partial charge in [-0.15, -0.1) is 0 Å². The van der Waals surface area contributed by atoms with Gasteiger partial charge in [0.15, 0.2) is 0 Å². The second kappa shape index (κ2) is 13.8. The van der Waals surface area contributed by atoms with Gasteiger partial charge in [-0.05, 0) is 0 Å². The number of hydrogen-bond donors (Lipinski definition) is 0. The average Bonchev–Trinajstić information content (AvgIpc) is 3.59. The smallest absolute Gasteiger partial charge is 1.00 e. The van der Waals surface area contributed by atoms with E-state index in [1.54, 1.807) is 22.3 Å². The molecule has 3 aliphatic rings. The van der Waals surface area contributed by atoms with Crippen molar-refractivity contribution in [1.29, 1.82) is 0 Å². The normalized spacial score (nSPS) is 18.6. The van der Waals surface area contributed by atoms with Gasteiger partial charge in [-0.1, -0.05) is 0 Å². The Morgan fingerprint density at radius 3 is 1.21 bits per heavy atom. The van der Waals surface area contributed by atoms with Gasteiger partial charge in [-0.2, -0.15) is 0 Å². The van der Waals surface area contributed by atoms with E-state index in [1.165, 1.54) is 59.3 Å². The topological polar surface area (TPSA) is 0 Å². The number of hydrogen-bond acceptors (Lipinski definition) is 0. The van der Waals surface area contributed by atoms with E-state index in [-0.39, 0.29) is 35.6 Å². The van der Waals surface area contributed by atoms with Crippen molar-refractivity contribution in [1.82, 2.24) is 0 Å². The Labute approximate surface area is 307 Å². The summed E-state index contributed by atoms with van der Waals surface area (Å²) in [6, 6.07) is 33.4. The van der Waals surface area contributed by atoms with Crippen LogP contribution in [0.15, 0.2) is 96.1 Å². The summed E-state index contributed by atoms with van der Waals surface area (Å²) in [4.78, 5) is 0. The molecule has 1 fully saturated rings. The van der Waals surface area contributed by atoms with E-state index in [9.17, 15) is 0 Å². The van der Waals surface area contributed by atoms with E-state index < -0.39 is 20.0 Å². The molecule has 0 nitrogen and oxygen atoms in total. The fourth-order valence-corrected chi connectivity index (χ4v) is 32.2. The molecule has 0 saturated carbocycles. The Morgan fingerprint density at radius 1 is 0.542 bits per heavy atom. The van der Waals surface area contributed by atoms with Crippen LogP contribution in [-0.4, -0.2) is 0 Å². The van der Waals surface area contributed by atoms with Crippen LogP contribution in [0.5, 0.6) is 0 Å². The Kier molecular flexibility index (Phi) is 10.7. The molecular weight excluding hydrogens is 790 g/mol. The molecule has 250 valence electrons. The van der Waals surface area contributed by atoms with Crippen LogP contribution in [0.25, 0.3) is 34.4 Å². The van der Waals surface area contributed by atoms with E-state index in [4.69, 9.17) is 0 Å². The minimum absolute atomic E-state index is 0. The van der Waals surface area contributed by atoms with Crippen molar-refractivity contribution >= 4 is 12.2 Å². The predicted octanol–water partition coefficient (Wildman–Crippen LogP) is 7.41. The number of benzene rings is 4. The first-order valence-corrected chi connectivity index (χ1v) is 27.1. The number of allylic oxidation sites excluding steroid dienone is 2. The Bertz CT molecular complexity index is 1710. The predicted molar refractivity (Wildman–Crippen MR) is 197 cm³/mol. The van der Waals surface area contributed by atoms with Crippen molar-refractivity contribution in [3.63, 3.8) is 0 Å². The van der Waals surface area contributed by atoms with Crippen molar-refractivity contribution in [2.75, 3.05) is 0 Å². The molecule has 0 aromatic heterocycles. The molecule has 7 rings (SSSR count). The van der Waals surface area contributed by atoms with E-state index in [1.807, 2.05) is 0 Å². The summed E-state index contributed by atoms with van der Waals surface area (Å²) >= 11 is -3.01.